The van der Waals surface area contributed by atoms with Crippen LogP contribution in [0.5, 0.6) is 0 Å². The fraction of sp³-hybridized carbons (Fsp3) is 0.364. The van der Waals surface area contributed by atoms with Crippen LogP contribution in [0.25, 0.3) is 0 Å². The molecule has 166 valence electrons. The Hall–Kier alpha value is -2.58. The van der Waals surface area contributed by atoms with Crippen LogP contribution in [-0.4, -0.2) is 44.3 Å². The maximum Gasteiger partial charge on any atom is 0.261 e. The predicted octanol–water partition coefficient (Wildman–Crippen LogP) is 3.58. The summed E-state index contributed by atoms with van der Waals surface area (Å²) in [6, 6.07) is 10.3. The molecule has 0 aliphatic carbocycles. The molecule has 2 aromatic rings. The molecule has 1 fully saturated rings. The number of aryl methyl sites for hydroxylation is 1. The number of halogens is 1. The van der Waals surface area contributed by atoms with E-state index in [9.17, 15) is 18.0 Å². The van der Waals surface area contributed by atoms with Crippen LogP contribution in [0.15, 0.2) is 47.4 Å². The number of hydrogen-bond donors (Lipinski definition) is 2. The highest BCUT2D eigenvalue weighted by Gasteiger charge is 2.34. The summed E-state index contributed by atoms with van der Waals surface area (Å²) in [4.78, 5) is 27.1. The number of carbonyl (C=O) groups excluding carboxylic acids is 2. The molecular formula is C22H26ClN3O4S. The molecule has 0 radical (unpaired) electrons. The lowest BCUT2D eigenvalue weighted by molar-refractivity contribution is -0.124. The van der Waals surface area contributed by atoms with Gasteiger partial charge in [-0.1, -0.05) is 30.7 Å². The van der Waals surface area contributed by atoms with Gasteiger partial charge in [0.05, 0.1) is 4.90 Å². The highest BCUT2D eigenvalue weighted by molar-refractivity contribution is 7.92. The van der Waals surface area contributed by atoms with Gasteiger partial charge >= 0.3 is 0 Å². The maximum atomic E-state index is 13.1. The maximum absolute atomic E-state index is 13.1. The normalized spacial score (nSPS) is 16.2. The van der Waals surface area contributed by atoms with E-state index >= 15 is 0 Å². The Morgan fingerprint density at radius 3 is 2.68 bits per heavy atom. The topological polar surface area (TPSA) is 95.6 Å². The molecule has 0 bridgehead atoms. The fourth-order valence-corrected chi connectivity index (χ4v) is 4.81. The number of benzene rings is 2. The Morgan fingerprint density at radius 2 is 1.97 bits per heavy atom. The van der Waals surface area contributed by atoms with Crippen LogP contribution >= 0.6 is 11.6 Å². The number of hydrogen-bond acceptors (Lipinski definition) is 4. The molecule has 1 atom stereocenters. The second-order valence-corrected chi connectivity index (χ2v) is 9.63. The SMILES string of the molecule is CCCNC(=O)C1CCCN1C(=O)c1cccc(NS(=O)(=O)c2ccc(C)c(Cl)c2)c1. The molecule has 31 heavy (non-hydrogen) atoms. The van der Waals surface area contributed by atoms with Gasteiger partial charge in [0.1, 0.15) is 6.04 Å². The van der Waals surface area contributed by atoms with E-state index < -0.39 is 16.1 Å². The largest absolute Gasteiger partial charge is 0.354 e. The van der Waals surface area contributed by atoms with Crippen molar-refractivity contribution in [2.75, 3.05) is 17.8 Å². The third kappa shape index (κ3) is 5.37. The van der Waals surface area contributed by atoms with E-state index in [1.807, 2.05) is 6.92 Å². The number of carbonyl (C=O) groups is 2. The van der Waals surface area contributed by atoms with Crippen LogP contribution in [-0.2, 0) is 14.8 Å². The fourth-order valence-electron chi connectivity index (χ4n) is 3.48. The Bertz CT molecular complexity index is 1090. The van der Waals surface area contributed by atoms with Crippen molar-refractivity contribution < 1.29 is 18.0 Å². The summed E-state index contributed by atoms with van der Waals surface area (Å²) in [6.45, 7) is 4.81. The molecule has 3 rings (SSSR count). The lowest BCUT2D eigenvalue weighted by Gasteiger charge is -2.24. The zero-order valence-corrected chi connectivity index (χ0v) is 19.1. The first-order chi connectivity index (χ1) is 14.7. The van der Waals surface area contributed by atoms with Gasteiger partial charge in [0.15, 0.2) is 0 Å². The highest BCUT2D eigenvalue weighted by Crippen LogP contribution is 2.24. The van der Waals surface area contributed by atoms with E-state index in [-0.39, 0.29) is 22.4 Å². The number of anilines is 1. The van der Waals surface area contributed by atoms with Crippen molar-refractivity contribution in [1.82, 2.24) is 10.2 Å². The van der Waals surface area contributed by atoms with E-state index in [0.717, 1.165) is 18.4 Å². The van der Waals surface area contributed by atoms with Crippen molar-refractivity contribution in [3.05, 3.63) is 58.6 Å². The van der Waals surface area contributed by atoms with E-state index in [2.05, 4.69) is 10.0 Å². The van der Waals surface area contributed by atoms with E-state index in [1.165, 1.54) is 18.2 Å². The van der Waals surface area contributed by atoms with Gasteiger partial charge in [-0.25, -0.2) is 8.42 Å². The van der Waals surface area contributed by atoms with Gasteiger partial charge < -0.3 is 10.2 Å². The number of sulfonamides is 1. The summed E-state index contributed by atoms with van der Waals surface area (Å²) in [5.41, 5.74) is 1.35. The minimum Gasteiger partial charge on any atom is -0.354 e. The molecule has 2 N–H and O–H groups in total. The molecule has 0 spiro atoms. The van der Waals surface area contributed by atoms with Crippen molar-refractivity contribution in [2.24, 2.45) is 0 Å². The molecule has 1 saturated heterocycles. The summed E-state index contributed by atoms with van der Waals surface area (Å²) < 4.78 is 27.9. The summed E-state index contributed by atoms with van der Waals surface area (Å²) in [7, 11) is -3.87. The summed E-state index contributed by atoms with van der Waals surface area (Å²) >= 11 is 6.06. The van der Waals surface area contributed by atoms with Gasteiger partial charge in [-0.2, -0.15) is 0 Å². The molecule has 1 heterocycles. The Labute approximate surface area is 187 Å². The van der Waals surface area contributed by atoms with Crippen LogP contribution < -0.4 is 10.0 Å². The van der Waals surface area contributed by atoms with Crippen LogP contribution in [0.4, 0.5) is 5.69 Å². The zero-order chi connectivity index (χ0) is 22.6. The zero-order valence-electron chi connectivity index (χ0n) is 17.5. The number of nitrogens with one attached hydrogen (secondary N) is 2. The van der Waals surface area contributed by atoms with Crippen LogP contribution in [0.1, 0.15) is 42.1 Å². The van der Waals surface area contributed by atoms with Crippen LogP contribution in [0, 0.1) is 6.92 Å². The van der Waals surface area contributed by atoms with Crippen molar-refractivity contribution in [1.29, 1.82) is 0 Å². The molecule has 2 amide bonds. The van der Waals surface area contributed by atoms with Crippen molar-refractivity contribution in [3.8, 4) is 0 Å². The third-order valence-electron chi connectivity index (χ3n) is 5.18. The average Bonchev–Trinajstić information content (AvgIpc) is 3.23. The Kier molecular flexibility index (Phi) is 7.23. The predicted molar refractivity (Wildman–Crippen MR) is 121 cm³/mol. The first-order valence-corrected chi connectivity index (χ1v) is 12.1. The van der Waals surface area contributed by atoms with Gasteiger partial charge in [0.25, 0.3) is 15.9 Å². The molecule has 9 heteroatoms. The van der Waals surface area contributed by atoms with Gasteiger partial charge in [0, 0.05) is 29.4 Å². The Balaban J connectivity index is 1.78. The number of amides is 2. The van der Waals surface area contributed by atoms with Crippen molar-refractivity contribution in [2.45, 2.75) is 44.0 Å². The summed E-state index contributed by atoms with van der Waals surface area (Å²) in [5.74, 6) is -0.450. The summed E-state index contributed by atoms with van der Waals surface area (Å²) in [6.07, 6.45) is 2.18. The molecular weight excluding hydrogens is 438 g/mol. The second kappa shape index (κ2) is 9.70. The van der Waals surface area contributed by atoms with E-state index in [1.54, 1.807) is 36.1 Å². The minimum atomic E-state index is -3.87. The molecule has 1 aliphatic rings. The second-order valence-electron chi connectivity index (χ2n) is 7.54. The van der Waals surface area contributed by atoms with Crippen LogP contribution in [0.2, 0.25) is 5.02 Å². The molecule has 1 aliphatic heterocycles. The average molecular weight is 464 g/mol. The minimum absolute atomic E-state index is 0.0343. The molecule has 0 saturated carbocycles. The number of nitrogens with zero attached hydrogens (tertiary/aromatic N) is 1. The van der Waals surface area contributed by atoms with Crippen molar-refractivity contribution >= 4 is 39.1 Å². The van der Waals surface area contributed by atoms with Gasteiger partial charge in [0.2, 0.25) is 5.91 Å². The molecule has 0 aromatic heterocycles. The third-order valence-corrected chi connectivity index (χ3v) is 6.97. The highest BCUT2D eigenvalue weighted by atomic mass is 35.5. The van der Waals surface area contributed by atoms with E-state index in [0.29, 0.717) is 30.1 Å². The molecule has 1 unspecified atom stereocenters. The molecule has 7 nitrogen and oxygen atoms in total. The Morgan fingerprint density at radius 1 is 1.19 bits per heavy atom. The lowest BCUT2D eigenvalue weighted by atomic mass is 10.1. The lowest BCUT2D eigenvalue weighted by Crippen LogP contribution is -2.46. The first kappa shape index (κ1) is 23.1. The first-order valence-electron chi connectivity index (χ1n) is 10.2. The van der Waals surface area contributed by atoms with E-state index in [4.69, 9.17) is 11.6 Å². The number of rotatable bonds is 7. The standard InChI is InChI=1S/C22H26ClN3O4S/c1-3-11-24-21(27)20-8-5-12-26(20)22(28)16-6-4-7-17(13-16)25-31(29,30)18-10-9-15(2)19(23)14-18/h4,6-7,9-10,13-14,20,25H,3,5,8,11-12H2,1-2H3,(H,24,27). The van der Waals surface area contributed by atoms with Crippen LogP contribution in [0.3, 0.4) is 0 Å². The van der Waals surface area contributed by atoms with Gasteiger partial charge in [-0.15, -0.1) is 0 Å². The van der Waals surface area contributed by atoms with Crippen molar-refractivity contribution in [3.63, 3.8) is 0 Å². The quantitative estimate of drug-likeness (QED) is 0.656. The van der Waals surface area contributed by atoms with Gasteiger partial charge in [-0.05, 0) is 62.1 Å². The number of likely N-dealkylation sites (tertiary alicyclic amines) is 1. The molecule has 2 aromatic carbocycles. The van der Waals surface area contributed by atoms with Gasteiger partial charge in [-0.3, -0.25) is 14.3 Å². The smallest absolute Gasteiger partial charge is 0.261 e. The monoisotopic (exact) mass is 463 g/mol. The summed E-state index contributed by atoms with van der Waals surface area (Å²) in [5, 5.41) is 3.20.